The number of H-pyrrole nitrogens is 1. The number of hydrogen-bond donors (Lipinski definition) is 1. The largest absolute Gasteiger partial charge is 0.289 e. The van der Waals surface area contributed by atoms with Gasteiger partial charge in [-0.2, -0.15) is 0 Å². The van der Waals surface area contributed by atoms with E-state index in [4.69, 9.17) is 0 Å². The molecule has 3 heteroatoms. The lowest BCUT2D eigenvalue weighted by Crippen LogP contribution is -2.12. The number of rotatable bonds is 1. The minimum atomic E-state index is 0.118. The van der Waals surface area contributed by atoms with Crippen LogP contribution < -0.4 is 5.56 Å². The van der Waals surface area contributed by atoms with Gasteiger partial charge in [-0.1, -0.05) is 13.8 Å². The van der Waals surface area contributed by atoms with Gasteiger partial charge in [0.25, 0.3) is 5.56 Å². The van der Waals surface area contributed by atoms with Gasteiger partial charge >= 0.3 is 0 Å². The summed E-state index contributed by atoms with van der Waals surface area (Å²) in [5, 5.41) is 2.91. The first kappa shape index (κ1) is 8.60. The molecule has 0 aromatic carbocycles. The highest BCUT2D eigenvalue weighted by Gasteiger charge is 2.19. The summed E-state index contributed by atoms with van der Waals surface area (Å²) in [7, 11) is 0. The normalized spacial score (nSPS) is 16.2. The van der Waals surface area contributed by atoms with E-state index in [0.717, 1.165) is 18.5 Å². The second-order valence-corrected chi connectivity index (χ2v) is 4.06. The van der Waals surface area contributed by atoms with E-state index in [2.05, 4.69) is 18.9 Å². The third-order valence-corrected chi connectivity index (χ3v) is 2.74. The Morgan fingerprint density at radius 2 is 2.15 bits per heavy atom. The fourth-order valence-corrected chi connectivity index (χ4v) is 2.14. The number of fused-ring (bicyclic) bond motifs is 1. The van der Waals surface area contributed by atoms with Crippen molar-refractivity contribution in [2.24, 2.45) is 0 Å². The van der Waals surface area contributed by atoms with Crippen LogP contribution >= 0.6 is 0 Å². The Hall–Kier alpha value is -0.990. The third-order valence-electron chi connectivity index (χ3n) is 2.74. The third kappa shape index (κ3) is 1.32. The van der Waals surface area contributed by atoms with E-state index >= 15 is 0 Å². The number of aromatic amines is 1. The second-order valence-electron chi connectivity index (χ2n) is 4.06. The van der Waals surface area contributed by atoms with Crippen LogP contribution in [0.25, 0.3) is 0 Å². The van der Waals surface area contributed by atoms with Crippen LogP contribution in [-0.2, 0) is 13.0 Å². The van der Waals surface area contributed by atoms with Gasteiger partial charge < -0.3 is 0 Å². The molecular weight excluding hydrogens is 164 g/mol. The van der Waals surface area contributed by atoms with Crippen LogP contribution in [-0.4, -0.2) is 9.78 Å². The number of hydrogen-bond acceptors (Lipinski definition) is 1. The molecule has 1 aliphatic rings. The summed E-state index contributed by atoms with van der Waals surface area (Å²) >= 11 is 0. The van der Waals surface area contributed by atoms with Crippen molar-refractivity contribution >= 4 is 0 Å². The number of aromatic nitrogens is 2. The van der Waals surface area contributed by atoms with Crippen LogP contribution in [0.3, 0.4) is 0 Å². The molecule has 72 valence electrons. The Kier molecular flexibility index (Phi) is 2.02. The summed E-state index contributed by atoms with van der Waals surface area (Å²) < 4.78 is 2.03. The zero-order valence-corrected chi connectivity index (χ0v) is 8.26. The van der Waals surface area contributed by atoms with E-state index < -0.39 is 0 Å². The fourth-order valence-electron chi connectivity index (χ4n) is 2.14. The monoisotopic (exact) mass is 180 g/mol. The topological polar surface area (TPSA) is 37.8 Å². The van der Waals surface area contributed by atoms with E-state index in [9.17, 15) is 4.79 Å². The van der Waals surface area contributed by atoms with Gasteiger partial charge in [0.05, 0.1) is 0 Å². The van der Waals surface area contributed by atoms with Crippen molar-refractivity contribution in [3.05, 3.63) is 21.6 Å². The number of aryl methyl sites for hydroxylation is 1. The molecule has 0 aliphatic carbocycles. The van der Waals surface area contributed by atoms with Crippen molar-refractivity contribution in [1.82, 2.24) is 9.78 Å². The molecule has 1 aliphatic heterocycles. The van der Waals surface area contributed by atoms with Crippen LogP contribution in [0.15, 0.2) is 4.79 Å². The van der Waals surface area contributed by atoms with Gasteiger partial charge in [0.15, 0.2) is 0 Å². The fraction of sp³-hybridized carbons (Fsp3) is 0.700. The lowest BCUT2D eigenvalue weighted by Gasteiger charge is -2.15. The van der Waals surface area contributed by atoms with Crippen molar-refractivity contribution in [3.63, 3.8) is 0 Å². The molecular formula is C10H16N2O. The molecule has 1 aromatic rings. The van der Waals surface area contributed by atoms with Gasteiger partial charge in [-0.05, 0) is 25.2 Å². The van der Waals surface area contributed by atoms with Crippen LogP contribution in [0.1, 0.15) is 43.9 Å². The highest BCUT2D eigenvalue weighted by atomic mass is 16.1. The number of nitrogens with one attached hydrogen (secondary N) is 1. The maximum atomic E-state index is 11.6. The summed E-state index contributed by atoms with van der Waals surface area (Å²) in [5.41, 5.74) is 2.36. The SMILES string of the molecule is CC(C)c1c2n([nH]c1=O)CCCC2. The van der Waals surface area contributed by atoms with Crippen molar-refractivity contribution in [1.29, 1.82) is 0 Å². The average molecular weight is 180 g/mol. The van der Waals surface area contributed by atoms with Gasteiger partial charge in [-0.25, -0.2) is 0 Å². The maximum Gasteiger partial charge on any atom is 0.267 e. The molecule has 1 aromatic heterocycles. The lowest BCUT2D eigenvalue weighted by molar-refractivity contribution is 0.481. The summed E-state index contributed by atoms with van der Waals surface area (Å²) in [5.74, 6) is 0.345. The van der Waals surface area contributed by atoms with Crippen molar-refractivity contribution < 1.29 is 0 Å². The summed E-state index contributed by atoms with van der Waals surface area (Å²) in [6.45, 7) is 5.15. The van der Waals surface area contributed by atoms with Crippen LogP contribution in [0.2, 0.25) is 0 Å². The Labute approximate surface area is 77.7 Å². The molecule has 1 N–H and O–H groups in total. The van der Waals surface area contributed by atoms with Crippen LogP contribution in [0.4, 0.5) is 0 Å². The summed E-state index contributed by atoms with van der Waals surface area (Å²) in [6, 6.07) is 0. The van der Waals surface area contributed by atoms with Crippen LogP contribution in [0.5, 0.6) is 0 Å². The smallest absolute Gasteiger partial charge is 0.267 e. The Bertz CT molecular complexity index is 359. The van der Waals surface area contributed by atoms with E-state index in [1.165, 1.54) is 18.5 Å². The quantitative estimate of drug-likeness (QED) is 0.701. The first-order valence-electron chi connectivity index (χ1n) is 5.01. The predicted molar refractivity (Wildman–Crippen MR) is 52.1 cm³/mol. The lowest BCUT2D eigenvalue weighted by atomic mass is 9.99. The van der Waals surface area contributed by atoms with E-state index in [1.807, 2.05) is 4.68 Å². The zero-order valence-electron chi connectivity index (χ0n) is 8.26. The van der Waals surface area contributed by atoms with Gasteiger partial charge in [-0.3, -0.25) is 14.6 Å². The molecule has 0 bridgehead atoms. The van der Waals surface area contributed by atoms with Crippen LogP contribution in [0, 0.1) is 0 Å². The highest BCUT2D eigenvalue weighted by Crippen LogP contribution is 2.20. The van der Waals surface area contributed by atoms with Gasteiger partial charge in [-0.15, -0.1) is 0 Å². The van der Waals surface area contributed by atoms with Gasteiger partial charge in [0.1, 0.15) is 0 Å². The van der Waals surface area contributed by atoms with Crippen molar-refractivity contribution in [3.8, 4) is 0 Å². The molecule has 0 spiro atoms. The van der Waals surface area contributed by atoms with E-state index in [0.29, 0.717) is 5.92 Å². The van der Waals surface area contributed by atoms with Gasteiger partial charge in [0, 0.05) is 17.8 Å². The highest BCUT2D eigenvalue weighted by molar-refractivity contribution is 5.22. The standard InChI is InChI=1S/C10H16N2O/c1-7(2)9-8-5-3-4-6-12(8)11-10(9)13/h7H,3-6H2,1-2H3,(H,11,13). The Morgan fingerprint density at radius 1 is 1.38 bits per heavy atom. The minimum absolute atomic E-state index is 0.118. The molecule has 3 nitrogen and oxygen atoms in total. The second kappa shape index (κ2) is 3.05. The molecule has 0 saturated carbocycles. The summed E-state index contributed by atoms with van der Waals surface area (Å²) in [6.07, 6.45) is 3.47. The van der Waals surface area contributed by atoms with Crippen molar-refractivity contribution in [2.45, 2.75) is 45.6 Å². The average Bonchev–Trinajstić information content (AvgIpc) is 2.39. The molecule has 0 unspecified atom stereocenters. The van der Waals surface area contributed by atoms with Crippen molar-refractivity contribution in [2.75, 3.05) is 0 Å². The molecule has 0 atom stereocenters. The number of nitrogens with zero attached hydrogens (tertiary/aromatic N) is 1. The minimum Gasteiger partial charge on any atom is -0.289 e. The predicted octanol–water partition coefficient (Wildman–Crippen LogP) is 1.64. The molecule has 0 radical (unpaired) electrons. The maximum absolute atomic E-state index is 11.6. The van der Waals surface area contributed by atoms with E-state index in [1.54, 1.807) is 0 Å². The molecule has 2 heterocycles. The van der Waals surface area contributed by atoms with Gasteiger partial charge in [0.2, 0.25) is 0 Å². The molecule has 13 heavy (non-hydrogen) atoms. The zero-order chi connectivity index (χ0) is 9.42. The molecule has 2 rings (SSSR count). The first-order chi connectivity index (χ1) is 6.20. The molecule has 0 fully saturated rings. The summed E-state index contributed by atoms with van der Waals surface area (Å²) in [4.78, 5) is 11.6. The molecule has 0 amide bonds. The molecule has 0 saturated heterocycles. The first-order valence-corrected chi connectivity index (χ1v) is 5.01. The van der Waals surface area contributed by atoms with E-state index in [-0.39, 0.29) is 5.56 Å². The Balaban J connectivity index is 2.55. The Morgan fingerprint density at radius 3 is 2.85 bits per heavy atom.